The number of hydrogen-bond donors (Lipinski definition) is 1. The second-order valence-corrected chi connectivity index (χ2v) is 4.21. The third kappa shape index (κ3) is 4.14. The van der Waals surface area contributed by atoms with E-state index in [1.807, 2.05) is 0 Å². The number of ether oxygens (including phenoxy) is 1. The van der Waals surface area contributed by atoms with Crippen molar-refractivity contribution in [2.75, 3.05) is 13.2 Å². The summed E-state index contributed by atoms with van der Waals surface area (Å²) in [5.41, 5.74) is 0. The Kier molecular flexibility index (Phi) is 5.69. The summed E-state index contributed by atoms with van der Waals surface area (Å²) >= 11 is 0. The van der Waals surface area contributed by atoms with E-state index in [0.717, 1.165) is 31.5 Å². The van der Waals surface area contributed by atoms with Crippen molar-refractivity contribution in [2.45, 2.75) is 45.1 Å². The SMILES string of the molecule is C=COCCCNC1CCCCC1C. The molecular formula is C12H23NO. The van der Waals surface area contributed by atoms with Crippen LogP contribution in [0.15, 0.2) is 12.8 Å². The van der Waals surface area contributed by atoms with Crippen molar-refractivity contribution in [2.24, 2.45) is 5.92 Å². The summed E-state index contributed by atoms with van der Waals surface area (Å²) in [4.78, 5) is 0. The Balaban J connectivity index is 2.01. The third-order valence-electron chi connectivity index (χ3n) is 3.07. The number of rotatable bonds is 6. The molecule has 2 heteroatoms. The van der Waals surface area contributed by atoms with E-state index in [2.05, 4.69) is 18.8 Å². The maximum Gasteiger partial charge on any atom is 0.0885 e. The molecule has 1 saturated carbocycles. The van der Waals surface area contributed by atoms with Crippen LogP contribution in [0.4, 0.5) is 0 Å². The van der Waals surface area contributed by atoms with Gasteiger partial charge in [0.15, 0.2) is 0 Å². The fourth-order valence-corrected chi connectivity index (χ4v) is 2.15. The molecule has 2 nitrogen and oxygen atoms in total. The minimum Gasteiger partial charge on any atom is -0.502 e. The molecular weight excluding hydrogens is 174 g/mol. The van der Waals surface area contributed by atoms with Crippen LogP contribution in [0.5, 0.6) is 0 Å². The van der Waals surface area contributed by atoms with Gasteiger partial charge in [0.1, 0.15) is 0 Å². The average molecular weight is 197 g/mol. The van der Waals surface area contributed by atoms with Crippen LogP contribution >= 0.6 is 0 Å². The van der Waals surface area contributed by atoms with Gasteiger partial charge in [0.05, 0.1) is 12.9 Å². The van der Waals surface area contributed by atoms with Crippen molar-refractivity contribution in [3.8, 4) is 0 Å². The molecule has 0 spiro atoms. The van der Waals surface area contributed by atoms with E-state index in [-0.39, 0.29) is 0 Å². The van der Waals surface area contributed by atoms with Crippen molar-refractivity contribution < 1.29 is 4.74 Å². The average Bonchev–Trinajstić information content (AvgIpc) is 2.20. The van der Waals surface area contributed by atoms with Crippen LogP contribution in [0, 0.1) is 5.92 Å². The molecule has 0 aromatic rings. The zero-order chi connectivity index (χ0) is 10.2. The maximum absolute atomic E-state index is 5.07. The predicted octanol–water partition coefficient (Wildman–Crippen LogP) is 2.70. The van der Waals surface area contributed by atoms with E-state index in [4.69, 9.17) is 4.74 Å². The fraction of sp³-hybridized carbons (Fsp3) is 0.833. The van der Waals surface area contributed by atoms with E-state index in [0.29, 0.717) is 0 Å². The zero-order valence-corrected chi connectivity index (χ0v) is 9.30. The maximum atomic E-state index is 5.07. The molecule has 14 heavy (non-hydrogen) atoms. The van der Waals surface area contributed by atoms with E-state index in [1.165, 1.54) is 31.9 Å². The molecule has 0 heterocycles. The molecule has 0 saturated heterocycles. The predicted molar refractivity (Wildman–Crippen MR) is 60.2 cm³/mol. The Morgan fingerprint density at radius 1 is 1.43 bits per heavy atom. The molecule has 1 rings (SSSR count). The highest BCUT2D eigenvalue weighted by molar-refractivity contribution is 4.77. The zero-order valence-electron chi connectivity index (χ0n) is 9.30. The van der Waals surface area contributed by atoms with Gasteiger partial charge >= 0.3 is 0 Å². The summed E-state index contributed by atoms with van der Waals surface area (Å²) in [6.45, 7) is 7.74. The highest BCUT2D eigenvalue weighted by Crippen LogP contribution is 2.23. The molecule has 0 amide bonds. The van der Waals surface area contributed by atoms with Gasteiger partial charge < -0.3 is 10.1 Å². The summed E-state index contributed by atoms with van der Waals surface area (Å²) in [6.07, 6.45) is 8.15. The van der Waals surface area contributed by atoms with E-state index < -0.39 is 0 Å². The summed E-state index contributed by atoms with van der Waals surface area (Å²) in [6, 6.07) is 0.743. The minimum absolute atomic E-state index is 0.743. The van der Waals surface area contributed by atoms with Crippen molar-refractivity contribution in [1.82, 2.24) is 5.32 Å². The summed E-state index contributed by atoms with van der Waals surface area (Å²) in [5, 5.41) is 3.62. The summed E-state index contributed by atoms with van der Waals surface area (Å²) < 4.78 is 5.07. The first-order chi connectivity index (χ1) is 6.84. The lowest BCUT2D eigenvalue weighted by Crippen LogP contribution is -2.37. The molecule has 2 unspecified atom stereocenters. The minimum atomic E-state index is 0.743. The summed E-state index contributed by atoms with van der Waals surface area (Å²) in [5.74, 6) is 0.851. The van der Waals surface area contributed by atoms with E-state index in [1.54, 1.807) is 0 Å². The highest BCUT2D eigenvalue weighted by Gasteiger charge is 2.19. The van der Waals surface area contributed by atoms with Gasteiger partial charge in [0, 0.05) is 6.04 Å². The lowest BCUT2D eigenvalue weighted by Gasteiger charge is -2.29. The Labute approximate surface area is 87.7 Å². The van der Waals surface area contributed by atoms with Crippen molar-refractivity contribution >= 4 is 0 Å². The Morgan fingerprint density at radius 3 is 2.93 bits per heavy atom. The molecule has 0 bridgehead atoms. The number of nitrogens with one attached hydrogen (secondary N) is 1. The van der Waals surface area contributed by atoms with Gasteiger partial charge in [-0.3, -0.25) is 0 Å². The smallest absolute Gasteiger partial charge is 0.0885 e. The van der Waals surface area contributed by atoms with Crippen LogP contribution < -0.4 is 5.32 Å². The molecule has 0 radical (unpaired) electrons. The summed E-state index contributed by atoms with van der Waals surface area (Å²) in [7, 11) is 0. The quantitative estimate of drug-likeness (QED) is 0.522. The Bertz CT molecular complexity index is 158. The Hall–Kier alpha value is -0.500. The molecule has 0 aromatic carbocycles. The highest BCUT2D eigenvalue weighted by atomic mass is 16.5. The van der Waals surface area contributed by atoms with Crippen LogP contribution in [0.3, 0.4) is 0 Å². The Morgan fingerprint density at radius 2 is 2.21 bits per heavy atom. The molecule has 1 fully saturated rings. The molecule has 1 N–H and O–H groups in total. The van der Waals surface area contributed by atoms with Gasteiger partial charge in [0.2, 0.25) is 0 Å². The van der Waals surface area contributed by atoms with Gasteiger partial charge in [-0.25, -0.2) is 0 Å². The first kappa shape index (κ1) is 11.6. The lowest BCUT2D eigenvalue weighted by molar-refractivity contribution is 0.231. The van der Waals surface area contributed by atoms with Crippen LogP contribution in [-0.2, 0) is 4.74 Å². The first-order valence-electron chi connectivity index (χ1n) is 5.80. The third-order valence-corrected chi connectivity index (χ3v) is 3.07. The van der Waals surface area contributed by atoms with Gasteiger partial charge in [-0.2, -0.15) is 0 Å². The van der Waals surface area contributed by atoms with E-state index >= 15 is 0 Å². The molecule has 82 valence electrons. The standard InChI is InChI=1S/C12H23NO/c1-3-14-10-6-9-13-12-8-5-4-7-11(12)2/h3,11-13H,1,4-10H2,2H3. The first-order valence-corrected chi connectivity index (χ1v) is 5.80. The second-order valence-electron chi connectivity index (χ2n) is 4.21. The van der Waals surface area contributed by atoms with Crippen molar-refractivity contribution in [3.05, 3.63) is 12.8 Å². The molecule has 2 atom stereocenters. The molecule has 1 aliphatic carbocycles. The molecule has 0 aliphatic heterocycles. The normalized spacial score (nSPS) is 27.2. The van der Waals surface area contributed by atoms with Gasteiger partial charge in [-0.05, 0) is 31.7 Å². The van der Waals surface area contributed by atoms with Gasteiger partial charge in [-0.1, -0.05) is 26.3 Å². The molecule has 0 aromatic heterocycles. The van der Waals surface area contributed by atoms with Crippen LogP contribution in [0.1, 0.15) is 39.0 Å². The van der Waals surface area contributed by atoms with Crippen LogP contribution in [0.25, 0.3) is 0 Å². The lowest BCUT2D eigenvalue weighted by atomic mass is 9.86. The van der Waals surface area contributed by atoms with Crippen molar-refractivity contribution in [1.29, 1.82) is 0 Å². The van der Waals surface area contributed by atoms with Gasteiger partial charge in [0.25, 0.3) is 0 Å². The topological polar surface area (TPSA) is 21.3 Å². The van der Waals surface area contributed by atoms with Gasteiger partial charge in [-0.15, -0.1) is 0 Å². The van der Waals surface area contributed by atoms with Crippen LogP contribution in [-0.4, -0.2) is 19.2 Å². The monoisotopic (exact) mass is 197 g/mol. The fourth-order valence-electron chi connectivity index (χ4n) is 2.15. The molecule has 1 aliphatic rings. The second kappa shape index (κ2) is 6.88. The van der Waals surface area contributed by atoms with Crippen LogP contribution in [0.2, 0.25) is 0 Å². The van der Waals surface area contributed by atoms with Crippen molar-refractivity contribution in [3.63, 3.8) is 0 Å². The number of hydrogen-bond acceptors (Lipinski definition) is 2. The van der Waals surface area contributed by atoms with E-state index in [9.17, 15) is 0 Å². The largest absolute Gasteiger partial charge is 0.502 e.